The van der Waals surface area contributed by atoms with Gasteiger partial charge in [0.15, 0.2) is 0 Å². The van der Waals surface area contributed by atoms with Crippen LogP contribution in [0.1, 0.15) is 18.0 Å². The summed E-state index contributed by atoms with van der Waals surface area (Å²) in [6.45, 7) is 0. The van der Waals surface area contributed by atoms with E-state index in [4.69, 9.17) is 11.6 Å². The van der Waals surface area contributed by atoms with Crippen LogP contribution in [0.5, 0.6) is 0 Å². The van der Waals surface area contributed by atoms with Gasteiger partial charge in [-0.05, 0) is 41.6 Å². The van der Waals surface area contributed by atoms with Crippen LogP contribution in [0.25, 0.3) is 0 Å². The molecule has 0 amide bonds. The van der Waals surface area contributed by atoms with Crippen molar-refractivity contribution in [3.8, 4) is 0 Å². The van der Waals surface area contributed by atoms with E-state index in [-0.39, 0.29) is 0 Å². The molecule has 3 rings (SSSR count). The van der Waals surface area contributed by atoms with Gasteiger partial charge in [-0.3, -0.25) is 0 Å². The second-order valence-corrected chi connectivity index (χ2v) is 6.38. The van der Waals surface area contributed by atoms with Crippen LogP contribution in [0.2, 0.25) is 5.02 Å². The molecule has 1 N–H and O–H groups in total. The summed E-state index contributed by atoms with van der Waals surface area (Å²) in [5, 5.41) is 8.65. The SMILES string of the molecule is Clc1ccc2c(c1)C(Nc1ccsc1)CCS2. The highest BCUT2D eigenvalue weighted by Crippen LogP contribution is 2.39. The molecular formula is C13H12ClNS2. The van der Waals surface area contributed by atoms with Gasteiger partial charge in [0.05, 0.1) is 6.04 Å². The Morgan fingerprint density at radius 2 is 2.24 bits per heavy atom. The molecule has 4 heteroatoms. The summed E-state index contributed by atoms with van der Waals surface area (Å²) in [5.74, 6) is 1.16. The molecule has 1 aromatic carbocycles. The van der Waals surface area contributed by atoms with Crippen LogP contribution in [0, 0.1) is 0 Å². The van der Waals surface area contributed by atoms with Gasteiger partial charge in [0.1, 0.15) is 0 Å². The summed E-state index contributed by atoms with van der Waals surface area (Å²) < 4.78 is 0. The molecular weight excluding hydrogens is 270 g/mol. The summed E-state index contributed by atoms with van der Waals surface area (Å²) in [7, 11) is 0. The van der Waals surface area contributed by atoms with Gasteiger partial charge < -0.3 is 5.32 Å². The molecule has 1 aliphatic heterocycles. The summed E-state index contributed by atoms with van der Waals surface area (Å²) in [4.78, 5) is 1.35. The van der Waals surface area contributed by atoms with E-state index in [9.17, 15) is 0 Å². The lowest BCUT2D eigenvalue weighted by Crippen LogP contribution is -2.15. The fraction of sp³-hybridized carbons (Fsp3) is 0.231. The first-order chi connectivity index (χ1) is 8.33. The molecule has 0 spiro atoms. The molecule has 2 heterocycles. The Bertz CT molecular complexity index is 510. The Kier molecular flexibility index (Phi) is 3.32. The second kappa shape index (κ2) is 4.92. The average Bonchev–Trinajstić information content (AvgIpc) is 2.83. The first-order valence-electron chi connectivity index (χ1n) is 5.54. The molecule has 0 fully saturated rings. The number of halogens is 1. The Balaban J connectivity index is 1.90. The van der Waals surface area contributed by atoms with Gasteiger partial charge in [-0.1, -0.05) is 11.6 Å². The molecule has 0 aliphatic carbocycles. The standard InChI is InChI=1S/C13H12ClNS2/c14-9-1-2-13-11(7-9)12(4-6-17-13)15-10-3-5-16-8-10/h1-3,5,7-8,12,15H,4,6H2. The highest BCUT2D eigenvalue weighted by atomic mass is 35.5. The summed E-state index contributed by atoms with van der Waals surface area (Å²) in [5.41, 5.74) is 2.54. The van der Waals surface area contributed by atoms with Gasteiger partial charge in [0.2, 0.25) is 0 Å². The number of anilines is 1. The molecule has 1 atom stereocenters. The van der Waals surface area contributed by atoms with E-state index in [1.54, 1.807) is 11.3 Å². The van der Waals surface area contributed by atoms with Crippen LogP contribution in [-0.2, 0) is 0 Å². The third kappa shape index (κ3) is 2.46. The van der Waals surface area contributed by atoms with Crippen molar-refractivity contribution in [1.82, 2.24) is 0 Å². The van der Waals surface area contributed by atoms with Crippen LogP contribution in [0.4, 0.5) is 5.69 Å². The first kappa shape index (κ1) is 11.5. The maximum absolute atomic E-state index is 6.09. The second-order valence-electron chi connectivity index (χ2n) is 4.03. The van der Waals surface area contributed by atoms with E-state index in [2.05, 4.69) is 34.3 Å². The van der Waals surface area contributed by atoms with Crippen molar-refractivity contribution in [2.24, 2.45) is 0 Å². The fourth-order valence-corrected chi connectivity index (χ4v) is 3.95. The first-order valence-corrected chi connectivity index (χ1v) is 7.84. The number of nitrogens with one attached hydrogen (secondary N) is 1. The number of thioether (sulfide) groups is 1. The van der Waals surface area contributed by atoms with Crippen molar-refractivity contribution in [2.75, 3.05) is 11.1 Å². The Labute approximate surface area is 114 Å². The van der Waals surface area contributed by atoms with E-state index >= 15 is 0 Å². The Morgan fingerprint density at radius 1 is 1.29 bits per heavy atom. The molecule has 0 saturated carbocycles. The summed E-state index contributed by atoms with van der Waals surface area (Å²) in [6, 6.07) is 8.70. The van der Waals surface area contributed by atoms with E-state index < -0.39 is 0 Å². The zero-order valence-corrected chi connectivity index (χ0v) is 11.5. The third-order valence-electron chi connectivity index (χ3n) is 2.87. The molecule has 17 heavy (non-hydrogen) atoms. The number of rotatable bonds is 2. The number of benzene rings is 1. The highest BCUT2D eigenvalue weighted by molar-refractivity contribution is 7.99. The molecule has 0 radical (unpaired) electrons. The monoisotopic (exact) mass is 281 g/mol. The molecule has 1 aliphatic rings. The average molecular weight is 282 g/mol. The number of hydrogen-bond donors (Lipinski definition) is 1. The van der Waals surface area contributed by atoms with Crippen molar-refractivity contribution < 1.29 is 0 Å². The minimum atomic E-state index is 0.388. The van der Waals surface area contributed by atoms with Crippen LogP contribution in [0.15, 0.2) is 39.9 Å². The molecule has 1 unspecified atom stereocenters. The van der Waals surface area contributed by atoms with E-state index in [0.29, 0.717) is 6.04 Å². The fourth-order valence-electron chi connectivity index (χ4n) is 2.06. The number of fused-ring (bicyclic) bond motifs is 1. The number of thiophene rings is 1. The summed E-state index contributed by atoms with van der Waals surface area (Å²) in [6.07, 6.45) is 1.15. The van der Waals surface area contributed by atoms with Gasteiger partial charge in [-0.15, -0.1) is 11.8 Å². The maximum atomic E-state index is 6.09. The van der Waals surface area contributed by atoms with E-state index in [1.807, 2.05) is 17.8 Å². The molecule has 88 valence electrons. The Hall–Kier alpha value is -0.640. The van der Waals surface area contributed by atoms with Crippen LogP contribution >= 0.6 is 34.7 Å². The predicted molar refractivity (Wildman–Crippen MR) is 77.5 cm³/mol. The lowest BCUT2D eigenvalue weighted by atomic mass is 10.0. The third-order valence-corrected chi connectivity index (χ3v) is 4.91. The zero-order chi connectivity index (χ0) is 11.7. The van der Waals surface area contributed by atoms with Crippen molar-refractivity contribution in [2.45, 2.75) is 17.4 Å². The summed E-state index contributed by atoms with van der Waals surface area (Å²) >= 11 is 9.73. The van der Waals surface area contributed by atoms with Gasteiger partial charge in [0.25, 0.3) is 0 Å². The lowest BCUT2D eigenvalue weighted by molar-refractivity contribution is 0.729. The largest absolute Gasteiger partial charge is 0.377 e. The van der Waals surface area contributed by atoms with Gasteiger partial charge in [-0.2, -0.15) is 11.3 Å². The smallest absolute Gasteiger partial charge is 0.0533 e. The van der Waals surface area contributed by atoms with Crippen LogP contribution in [-0.4, -0.2) is 5.75 Å². The quantitative estimate of drug-likeness (QED) is 0.827. The lowest BCUT2D eigenvalue weighted by Gasteiger charge is -2.26. The van der Waals surface area contributed by atoms with Crippen molar-refractivity contribution >= 4 is 40.4 Å². The minimum Gasteiger partial charge on any atom is -0.377 e. The van der Waals surface area contributed by atoms with E-state index in [0.717, 1.165) is 17.2 Å². The van der Waals surface area contributed by atoms with Crippen molar-refractivity contribution in [3.63, 3.8) is 0 Å². The zero-order valence-electron chi connectivity index (χ0n) is 9.15. The predicted octanol–water partition coefficient (Wildman–Crippen LogP) is 5.05. The van der Waals surface area contributed by atoms with Crippen molar-refractivity contribution in [3.05, 3.63) is 45.6 Å². The van der Waals surface area contributed by atoms with Gasteiger partial charge in [0, 0.05) is 26.7 Å². The van der Waals surface area contributed by atoms with Gasteiger partial charge in [-0.25, -0.2) is 0 Å². The maximum Gasteiger partial charge on any atom is 0.0533 e. The number of hydrogen-bond acceptors (Lipinski definition) is 3. The molecule has 1 aromatic heterocycles. The molecule has 1 nitrogen and oxygen atoms in total. The van der Waals surface area contributed by atoms with E-state index in [1.165, 1.54) is 16.1 Å². The minimum absolute atomic E-state index is 0.388. The molecule has 2 aromatic rings. The van der Waals surface area contributed by atoms with Gasteiger partial charge >= 0.3 is 0 Å². The normalized spacial score (nSPS) is 18.8. The van der Waals surface area contributed by atoms with Crippen molar-refractivity contribution in [1.29, 1.82) is 0 Å². The molecule has 0 bridgehead atoms. The van der Waals surface area contributed by atoms with Crippen LogP contribution in [0.3, 0.4) is 0 Å². The Morgan fingerprint density at radius 3 is 3.06 bits per heavy atom. The topological polar surface area (TPSA) is 12.0 Å². The molecule has 0 saturated heterocycles. The van der Waals surface area contributed by atoms with Crippen LogP contribution < -0.4 is 5.32 Å². The highest BCUT2D eigenvalue weighted by Gasteiger charge is 2.20.